The van der Waals surface area contributed by atoms with Gasteiger partial charge in [-0.3, -0.25) is 4.79 Å². The minimum absolute atomic E-state index is 0.0402. The predicted molar refractivity (Wildman–Crippen MR) is 73.2 cm³/mol. The van der Waals surface area contributed by atoms with Gasteiger partial charge in [0.1, 0.15) is 11.4 Å². The summed E-state index contributed by atoms with van der Waals surface area (Å²) >= 11 is 0. The van der Waals surface area contributed by atoms with Crippen molar-refractivity contribution in [2.24, 2.45) is 5.92 Å². The third-order valence-corrected chi connectivity index (χ3v) is 4.54. The normalized spacial score (nSPS) is 31.4. The molecular weight excluding hydrogens is 240 g/mol. The van der Waals surface area contributed by atoms with Crippen LogP contribution < -0.4 is 5.56 Å². The highest BCUT2D eigenvalue weighted by atomic mass is 16.5. The van der Waals surface area contributed by atoms with E-state index >= 15 is 0 Å². The van der Waals surface area contributed by atoms with Crippen LogP contribution in [0.15, 0.2) is 10.9 Å². The fraction of sp³-hybridized carbons (Fsp3) is 0.733. The second-order valence-corrected chi connectivity index (χ2v) is 6.19. The molecule has 4 heteroatoms. The van der Waals surface area contributed by atoms with E-state index in [2.05, 4.69) is 11.9 Å². The van der Waals surface area contributed by atoms with Gasteiger partial charge >= 0.3 is 0 Å². The molecule has 104 valence electrons. The monoisotopic (exact) mass is 262 g/mol. The molecular formula is C15H22N2O2. The molecule has 2 aliphatic carbocycles. The molecule has 1 N–H and O–H groups in total. The molecule has 1 heterocycles. The topological polar surface area (TPSA) is 55.0 Å². The van der Waals surface area contributed by atoms with Gasteiger partial charge in [0.2, 0.25) is 0 Å². The fourth-order valence-corrected chi connectivity index (χ4v) is 3.28. The number of ether oxygens (including phenoxy) is 1. The summed E-state index contributed by atoms with van der Waals surface area (Å²) in [7, 11) is 1.74. The molecule has 2 atom stereocenters. The third kappa shape index (κ3) is 2.46. The largest absolute Gasteiger partial charge is 0.370 e. The van der Waals surface area contributed by atoms with Crippen molar-refractivity contribution in [1.82, 2.24) is 9.97 Å². The van der Waals surface area contributed by atoms with Gasteiger partial charge < -0.3 is 9.72 Å². The maximum absolute atomic E-state index is 11.9. The Bertz CT molecular complexity index is 521. The first-order valence-electron chi connectivity index (χ1n) is 7.30. The van der Waals surface area contributed by atoms with Crippen LogP contribution >= 0.6 is 0 Å². The van der Waals surface area contributed by atoms with Gasteiger partial charge in [0.15, 0.2) is 0 Å². The van der Waals surface area contributed by atoms with E-state index in [0.717, 1.165) is 43.6 Å². The van der Waals surface area contributed by atoms with Crippen LogP contribution in [0.2, 0.25) is 0 Å². The van der Waals surface area contributed by atoms with Crippen molar-refractivity contribution in [2.75, 3.05) is 7.11 Å². The summed E-state index contributed by atoms with van der Waals surface area (Å²) in [5.74, 6) is 1.86. The molecule has 0 saturated heterocycles. The summed E-state index contributed by atoms with van der Waals surface area (Å²) in [4.78, 5) is 19.5. The number of methoxy groups -OCH3 is 1. The Morgan fingerprint density at radius 3 is 2.84 bits per heavy atom. The Labute approximate surface area is 113 Å². The number of hydrogen-bond acceptors (Lipinski definition) is 3. The molecule has 0 aromatic carbocycles. The van der Waals surface area contributed by atoms with Gasteiger partial charge in [-0.25, -0.2) is 4.98 Å². The summed E-state index contributed by atoms with van der Waals surface area (Å²) in [5, 5.41) is 0. The Kier molecular flexibility index (Phi) is 3.21. The molecule has 2 aliphatic rings. The highest BCUT2D eigenvalue weighted by molar-refractivity contribution is 5.17. The van der Waals surface area contributed by atoms with E-state index in [1.165, 1.54) is 6.42 Å². The van der Waals surface area contributed by atoms with Crippen LogP contribution in [-0.2, 0) is 10.3 Å². The second kappa shape index (κ2) is 4.75. The highest BCUT2D eigenvalue weighted by Gasteiger charge is 2.40. The highest BCUT2D eigenvalue weighted by Crippen LogP contribution is 2.42. The van der Waals surface area contributed by atoms with Gasteiger partial charge in [0, 0.05) is 19.1 Å². The summed E-state index contributed by atoms with van der Waals surface area (Å²) < 4.78 is 5.81. The number of nitrogens with one attached hydrogen (secondary N) is 1. The summed E-state index contributed by atoms with van der Waals surface area (Å²) in [6.07, 6.45) is 6.58. The number of H-pyrrole nitrogens is 1. The lowest BCUT2D eigenvalue weighted by Gasteiger charge is -2.38. The Morgan fingerprint density at radius 2 is 2.21 bits per heavy atom. The molecule has 3 rings (SSSR count). The minimum atomic E-state index is -0.387. The van der Waals surface area contributed by atoms with Gasteiger partial charge in [-0.1, -0.05) is 13.3 Å². The minimum Gasteiger partial charge on any atom is -0.370 e. The number of hydrogen-bond donors (Lipinski definition) is 1. The molecule has 19 heavy (non-hydrogen) atoms. The van der Waals surface area contributed by atoms with E-state index < -0.39 is 0 Å². The molecule has 2 saturated carbocycles. The molecule has 0 spiro atoms. The lowest BCUT2D eigenvalue weighted by atomic mass is 9.78. The SMILES string of the molecule is COC1(c2nc(C3CC3)cc(=O)[nH]2)CCCC(C)C1. The van der Waals surface area contributed by atoms with E-state index in [4.69, 9.17) is 9.72 Å². The van der Waals surface area contributed by atoms with Crippen LogP contribution in [0.4, 0.5) is 0 Å². The van der Waals surface area contributed by atoms with E-state index in [1.54, 1.807) is 13.2 Å². The summed E-state index contributed by atoms with van der Waals surface area (Å²) in [6, 6.07) is 1.65. The molecule has 4 nitrogen and oxygen atoms in total. The van der Waals surface area contributed by atoms with Crippen molar-refractivity contribution >= 4 is 0 Å². The van der Waals surface area contributed by atoms with Crippen molar-refractivity contribution in [3.05, 3.63) is 27.9 Å². The number of rotatable bonds is 3. The van der Waals surface area contributed by atoms with Crippen LogP contribution in [0.1, 0.15) is 62.9 Å². The van der Waals surface area contributed by atoms with Crippen molar-refractivity contribution in [1.29, 1.82) is 0 Å². The maximum Gasteiger partial charge on any atom is 0.251 e. The van der Waals surface area contributed by atoms with E-state index in [9.17, 15) is 4.79 Å². The predicted octanol–water partition coefficient (Wildman–Crippen LogP) is 2.70. The fourth-order valence-electron chi connectivity index (χ4n) is 3.28. The zero-order valence-corrected chi connectivity index (χ0v) is 11.7. The first-order chi connectivity index (χ1) is 9.13. The summed E-state index contributed by atoms with van der Waals surface area (Å²) in [6.45, 7) is 2.25. The van der Waals surface area contributed by atoms with Crippen LogP contribution in [0, 0.1) is 5.92 Å². The van der Waals surface area contributed by atoms with E-state index in [0.29, 0.717) is 11.8 Å². The number of nitrogens with zero attached hydrogens (tertiary/aromatic N) is 1. The lowest BCUT2D eigenvalue weighted by Crippen LogP contribution is -2.37. The average molecular weight is 262 g/mol. The standard InChI is InChI=1S/C15H22N2O2/c1-10-4-3-7-15(9-10,19-2)14-16-12(11-5-6-11)8-13(18)17-14/h8,10-11H,3-7,9H2,1-2H3,(H,16,17,18). The maximum atomic E-state index is 11.9. The molecule has 0 amide bonds. The third-order valence-electron chi connectivity index (χ3n) is 4.54. The molecule has 2 unspecified atom stereocenters. The van der Waals surface area contributed by atoms with Gasteiger partial charge in [-0.05, 0) is 38.0 Å². The van der Waals surface area contributed by atoms with Gasteiger partial charge in [-0.15, -0.1) is 0 Å². The zero-order chi connectivity index (χ0) is 13.5. The van der Waals surface area contributed by atoms with Crippen LogP contribution in [-0.4, -0.2) is 17.1 Å². The van der Waals surface area contributed by atoms with Crippen molar-refractivity contribution in [3.8, 4) is 0 Å². The first kappa shape index (κ1) is 12.9. The Balaban J connectivity index is 2.00. The second-order valence-electron chi connectivity index (χ2n) is 6.19. The molecule has 0 bridgehead atoms. The van der Waals surface area contributed by atoms with Gasteiger partial charge in [0.05, 0.1) is 5.69 Å². The Hall–Kier alpha value is -1.16. The molecule has 0 aliphatic heterocycles. The molecule has 0 radical (unpaired) electrons. The number of aromatic amines is 1. The van der Waals surface area contributed by atoms with Crippen molar-refractivity contribution in [2.45, 2.75) is 57.0 Å². The Morgan fingerprint density at radius 1 is 1.42 bits per heavy atom. The van der Waals surface area contributed by atoms with E-state index in [-0.39, 0.29) is 11.2 Å². The van der Waals surface area contributed by atoms with Crippen LogP contribution in [0.25, 0.3) is 0 Å². The quantitative estimate of drug-likeness (QED) is 0.911. The average Bonchev–Trinajstić information content (AvgIpc) is 3.22. The van der Waals surface area contributed by atoms with Gasteiger partial charge in [0.25, 0.3) is 5.56 Å². The lowest BCUT2D eigenvalue weighted by molar-refractivity contribution is -0.0649. The van der Waals surface area contributed by atoms with Gasteiger partial charge in [-0.2, -0.15) is 0 Å². The molecule has 1 aromatic heterocycles. The molecule has 1 aromatic rings. The summed E-state index contributed by atoms with van der Waals surface area (Å²) in [5.41, 5.74) is 0.525. The number of aromatic nitrogens is 2. The molecule has 2 fully saturated rings. The van der Waals surface area contributed by atoms with E-state index in [1.807, 2.05) is 0 Å². The van der Waals surface area contributed by atoms with Crippen molar-refractivity contribution < 1.29 is 4.74 Å². The first-order valence-corrected chi connectivity index (χ1v) is 7.30. The zero-order valence-electron chi connectivity index (χ0n) is 11.7. The smallest absolute Gasteiger partial charge is 0.251 e. The van der Waals surface area contributed by atoms with Crippen LogP contribution in [0.5, 0.6) is 0 Å². The van der Waals surface area contributed by atoms with Crippen LogP contribution in [0.3, 0.4) is 0 Å². The van der Waals surface area contributed by atoms with Crippen molar-refractivity contribution in [3.63, 3.8) is 0 Å².